The van der Waals surface area contributed by atoms with Gasteiger partial charge in [0.25, 0.3) is 0 Å². The van der Waals surface area contributed by atoms with Crippen molar-refractivity contribution in [3.8, 4) is 11.5 Å². The molecule has 1 aromatic carbocycles. The number of nitrogens with zero attached hydrogens (tertiary/aromatic N) is 1. The molecule has 0 aromatic heterocycles. The molecule has 1 aliphatic heterocycles. The molecule has 0 radical (unpaired) electrons. The third-order valence-corrected chi connectivity index (χ3v) is 4.49. The summed E-state index contributed by atoms with van der Waals surface area (Å²) in [4.78, 5) is 24.7. The van der Waals surface area contributed by atoms with Crippen molar-refractivity contribution in [2.75, 3.05) is 19.8 Å². The molecule has 0 saturated carbocycles. The van der Waals surface area contributed by atoms with Gasteiger partial charge in [0.2, 0.25) is 5.91 Å². The average molecular weight is 402 g/mol. The lowest BCUT2D eigenvalue weighted by molar-refractivity contribution is -0.186. The van der Waals surface area contributed by atoms with E-state index in [4.69, 9.17) is 9.47 Å². The van der Waals surface area contributed by atoms with Crippen LogP contribution in [0.25, 0.3) is 0 Å². The van der Waals surface area contributed by atoms with Gasteiger partial charge in [-0.25, -0.2) is 0 Å². The van der Waals surface area contributed by atoms with Crippen LogP contribution in [0.4, 0.5) is 13.2 Å². The van der Waals surface area contributed by atoms with Crippen LogP contribution in [0.1, 0.15) is 45.2 Å². The van der Waals surface area contributed by atoms with Crippen LogP contribution in [0, 0.1) is 0 Å². The maximum atomic E-state index is 12.7. The smallest absolute Gasteiger partial charge is 0.471 e. The van der Waals surface area contributed by atoms with Crippen molar-refractivity contribution < 1.29 is 32.2 Å². The lowest BCUT2D eigenvalue weighted by Gasteiger charge is -2.26. The minimum atomic E-state index is -4.99. The molecule has 0 aliphatic carbocycles. The van der Waals surface area contributed by atoms with Gasteiger partial charge in [-0.2, -0.15) is 13.2 Å². The Hall–Kier alpha value is -2.45. The Morgan fingerprint density at radius 3 is 2.46 bits per heavy atom. The molecule has 2 atom stereocenters. The van der Waals surface area contributed by atoms with E-state index < -0.39 is 30.1 Å². The SMILES string of the molecule is CCOc1ccc([C@H](C)NC(=O)[C@H]2CCCN2C(=O)C(F)(F)F)cc1OCC. The lowest BCUT2D eigenvalue weighted by atomic mass is 10.1. The molecule has 0 spiro atoms. The van der Waals surface area contributed by atoms with E-state index >= 15 is 0 Å². The minimum Gasteiger partial charge on any atom is -0.490 e. The van der Waals surface area contributed by atoms with Crippen LogP contribution >= 0.6 is 0 Å². The topological polar surface area (TPSA) is 67.9 Å². The number of halogens is 3. The van der Waals surface area contributed by atoms with Crippen LogP contribution in [-0.4, -0.2) is 48.7 Å². The normalized spacial score (nSPS) is 17.9. The zero-order valence-corrected chi connectivity index (χ0v) is 16.1. The Morgan fingerprint density at radius 1 is 1.21 bits per heavy atom. The van der Waals surface area contributed by atoms with Crippen molar-refractivity contribution >= 4 is 11.8 Å². The van der Waals surface area contributed by atoms with Crippen molar-refractivity contribution in [1.29, 1.82) is 0 Å². The summed E-state index contributed by atoms with van der Waals surface area (Å²) in [6.45, 7) is 6.22. The molecular formula is C19H25F3N2O4. The first kappa shape index (κ1) is 21.8. The van der Waals surface area contributed by atoms with E-state index in [0.29, 0.717) is 41.6 Å². The van der Waals surface area contributed by atoms with Crippen molar-refractivity contribution in [2.24, 2.45) is 0 Å². The molecule has 1 saturated heterocycles. The zero-order valence-electron chi connectivity index (χ0n) is 16.1. The summed E-state index contributed by atoms with van der Waals surface area (Å²) in [5.74, 6) is -1.48. The number of hydrogen-bond acceptors (Lipinski definition) is 4. The Bertz CT molecular complexity index is 709. The van der Waals surface area contributed by atoms with Gasteiger partial charge >= 0.3 is 12.1 Å². The highest BCUT2D eigenvalue weighted by atomic mass is 19.4. The highest BCUT2D eigenvalue weighted by molar-refractivity contribution is 5.90. The standard InChI is InChI=1S/C19H25F3N2O4/c1-4-27-15-9-8-13(11-16(15)28-5-2)12(3)23-17(25)14-7-6-10-24(14)18(26)19(20,21)22/h8-9,11-12,14H,4-7,10H2,1-3H3,(H,23,25)/t12-,14+/m0/s1. The van der Waals surface area contributed by atoms with Crippen LogP contribution in [0.2, 0.25) is 0 Å². The number of carbonyl (C=O) groups excluding carboxylic acids is 2. The first-order valence-electron chi connectivity index (χ1n) is 9.26. The highest BCUT2D eigenvalue weighted by Crippen LogP contribution is 2.31. The first-order valence-corrected chi connectivity index (χ1v) is 9.26. The summed E-state index contributed by atoms with van der Waals surface area (Å²) in [7, 11) is 0. The molecule has 6 nitrogen and oxygen atoms in total. The van der Waals surface area contributed by atoms with Gasteiger partial charge in [0.15, 0.2) is 11.5 Å². The third-order valence-electron chi connectivity index (χ3n) is 4.49. The fourth-order valence-corrected chi connectivity index (χ4v) is 3.18. The van der Waals surface area contributed by atoms with Crippen LogP contribution in [0.3, 0.4) is 0 Å². The van der Waals surface area contributed by atoms with E-state index in [1.54, 1.807) is 25.1 Å². The van der Waals surface area contributed by atoms with Crippen LogP contribution < -0.4 is 14.8 Å². The first-order chi connectivity index (χ1) is 13.2. The van der Waals surface area contributed by atoms with Gasteiger partial charge in [-0.15, -0.1) is 0 Å². The number of amides is 2. The van der Waals surface area contributed by atoms with Crippen molar-refractivity contribution in [1.82, 2.24) is 10.2 Å². The predicted octanol–water partition coefficient (Wildman–Crippen LogP) is 3.21. The molecule has 0 unspecified atom stereocenters. The fourth-order valence-electron chi connectivity index (χ4n) is 3.18. The molecule has 2 rings (SSSR count). The number of alkyl halides is 3. The van der Waals surface area contributed by atoms with Crippen molar-refractivity contribution in [3.05, 3.63) is 23.8 Å². The van der Waals surface area contributed by atoms with Crippen molar-refractivity contribution in [3.63, 3.8) is 0 Å². The number of rotatable bonds is 7. The largest absolute Gasteiger partial charge is 0.490 e. The molecule has 156 valence electrons. The maximum Gasteiger partial charge on any atom is 0.471 e. The summed E-state index contributed by atoms with van der Waals surface area (Å²) in [5.41, 5.74) is 0.715. The van der Waals surface area contributed by atoms with E-state index in [0.717, 1.165) is 0 Å². The second kappa shape index (κ2) is 9.16. The van der Waals surface area contributed by atoms with Gasteiger partial charge < -0.3 is 19.7 Å². The van der Waals surface area contributed by atoms with Gasteiger partial charge in [0.05, 0.1) is 19.3 Å². The Morgan fingerprint density at radius 2 is 1.86 bits per heavy atom. The number of benzene rings is 1. The minimum absolute atomic E-state index is 0.0810. The molecular weight excluding hydrogens is 377 g/mol. The van der Waals surface area contributed by atoms with Crippen LogP contribution in [0.15, 0.2) is 18.2 Å². The van der Waals surface area contributed by atoms with Gasteiger partial charge in [0.1, 0.15) is 6.04 Å². The molecule has 1 aliphatic rings. The Balaban J connectivity index is 2.11. The number of nitrogens with one attached hydrogen (secondary N) is 1. The quantitative estimate of drug-likeness (QED) is 0.761. The van der Waals surface area contributed by atoms with E-state index in [-0.39, 0.29) is 13.0 Å². The number of hydrogen-bond donors (Lipinski definition) is 1. The molecule has 0 bridgehead atoms. The maximum absolute atomic E-state index is 12.7. The number of likely N-dealkylation sites (tertiary alicyclic amines) is 1. The van der Waals surface area contributed by atoms with Crippen LogP contribution in [0.5, 0.6) is 11.5 Å². The van der Waals surface area contributed by atoms with Gasteiger partial charge in [-0.1, -0.05) is 6.07 Å². The summed E-state index contributed by atoms with van der Waals surface area (Å²) >= 11 is 0. The van der Waals surface area contributed by atoms with E-state index in [9.17, 15) is 22.8 Å². The summed E-state index contributed by atoms with van der Waals surface area (Å²) in [6, 6.07) is 3.61. The van der Waals surface area contributed by atoms with Crippen LogP contribution in [-0.2, 0) is 9.59 Å². The summed E-state index contributed by atoms with van der Waals surface area (Å²) in [5, 5.41) is 2.70. The Kier molecular flexibility index (Phi) is 7.15. The monoisotopic (exact) mass is 402 g/mol. The molecule has 9 heteroatoms. The molecule has 2 amide bonds. The molecule has 28 heavy (non-hydrogen) atoms. The summed E-state index contributed by atoms with van der Waals surface area (Å²) in [6.07, 6.45) is -4.43. The average Bonchev–Trinajstić information content (AvgIpc) is 3.11. The van der Waals surface area contributed by atoms with Gasteiger partial charge in [0, 0.05) is 6.54 Å². The van der Waals surface area contributed by atoms with Crippen molar-refractivity contribution in [2.45, 2.75) is 51.9 Å². The molecule has 1 fully saturated rings. The van der Waals surface area contributed by atoms with E-state index in [1.165, 1.54) is 0 Å². The Labute approximate surface area is 162 Å². The lowest BCUT2D eigenvalue weighted by Crippen LogP contribution is -2.50. The van der Waals surface area contributed by atoms with Gasteiger partial charge in [-0.05, 0) is 51.3 Å². The second-order valence-corrected chi connectivity index (χ2v) is 6.46. The third kappa shape index (κ3) is 5.08. The van der Waals surface area contributed by atoms with E-state index in [1.807, 2.05) is 13.8 Å². The predicted molar refractivity (Wildman–Crippen MR) is 96.1 cm³/mol. The van der Waals surface area contributed by atoms with Gasteiger partial charge in [-0.3, -0.25) is 9.59 Å². The van der Waals surface area contributed by atoms with E-state index in [2.05, 4.69) is 5.32 Å². The molecule has 1 aromatic rings. The molecule has 1 N–H and O–H groups in total. The zero-order chi connectivity index (χ0) is 20.9. The fraction of sp³-hybridized carbons (Fsp3) is 0.579. The second-order valence-electron chi connectivity index (χ2n) is 6.46. The molecule has 1 heterocycles. The number of carbonyl (C=O) groups is 2. The highest BCUT2D eigenvalue weighted by Gasteiger charge is 2.47. The number of ether oxygens (including phenoxy) is 2. The summed E-state index contributed by atoms with van der Waals surface area (Å²) < 4.78 is 49.3.